The summed E-state index contributed by atoms with van der Waals surface area (Å²) in [4.78, 5) is 31.2. The largest absolute Gasteiger partial charge is 0.502 e. The Kier molecular flexibility index (Phi) is 3.55. The monoisotopic (exact) mass is 237 g/mol. The molecule has 0 saturated heterocycles. The van der Waals surface area contributed by atoms with Gasteiger partial charge in [0.15, 0.2) is 11.5 Å². The number of phenols is 1. The van der Waals surface area contributed by atoms with E-state index in [1.54, 1.807) is 0 Å². The molecule has 0 bridgehead atoms. The lowest BCUT2D eigenvalue weighted by Gasteiger charge is -1.98. The number of carbonyl (C=O) groups excluding carboxylic acids is 1. The van der Waals surface area contributed by atoms with Gasteiger partial charge < -0.3 is 10.2 Å². The number of hydrogen-bond donors (Lipinski definition) is 2. The SMILES string of the molecule is O=C(O)/C=C/C(=O)c1ccc(O)c([N+](=O)[O-])c1. The lowest BCUT2D eigenvalue weighted by molar-refractivity contribution is -0.385. The Bertz CT molecular complexity index is 520. The van der Waals surface area contributed by atoms with E-state index in [4.69, 9.17) is 10.2 Å². The van der Waals surface area contributed by atoms with Crippen molar-refractivity contribution < 1.29 is 24.7 Å². The molecule has 0 saturated carbocycles. The van der Waals surface area contributed by atoms with Gasteiger partial charge in [0.05, 0.1) is 4.92 Å². The van der Waals surface area contributed by atoms with Crippen molar-refractivity contribution in [3.8, 4) is 5.75 Å². The highest BCUT2D eigenvalue weighted by molar-refractivity contribution is 6.07. The third kappa shape index (κ3) is 3.13. The maximum absolute atomic E-state index is 11.4. The molecular formula is C10H7NO6. The van der Waals surface area contributed by atoms with Crippen LogP contribution in [0.25, 0.3) is 0 Å². The van der Waals surface area contributed by atoms with Crippen molar-refractivity contribution in [3.05, 3.63) is 46.0 Å². The first-order valence-corrected chi connectivity index (χ1v) is 4.34. The molecule has 0 unspecified atom stereocenters. The molecule has 0 fully saturated rings. The minimum atomic E-state index is -1.30. The highest BCUT2D eigenvalue weighted by Crippen LogP contribution is 2.26. The molecule has 7 heteroatoms. The number of allylic oxidation sites excluding steroid dienone is 1. The number of nitrogens with zero attached hydrogens (tertiary/aromatic N) is 1. The van der Waals surface area contributed by atoms with Gasteiger partial charge in [-0.3, -0.25) is 14.9 Å². The quantitative estimate of drug-likeness (QED) is 0.350. The van der Waals surface area contributed by atoms with Gasteiger partial charge in [0.1, 0.15) is 0 Å². The van der Waals surface area contributed by atoms with Gasteiger partial charge in [0, 0.05) is 17.7 Å². The average molecular weight is 237 g/mol. The second-order valence-corrected chi connectivity index (χ2v) is 3.00. The Labute approximate surface area is 94.8 Å². The zero-order valence-electron chi connectivity index (χ0n) is 8.36. The number of ketones is 1. The van der Waals surface area contributed by atoms with Crippen LogP contribution in [0.4, 0.5) is 5.69 Å². The van der Waals surface area contributed by atoms with Crippen molar-refractivity contribution in [1.82, 2.24) is 0 Å². The summed E-state index contributed by atoms with van der Waals surface area (Å²) < 4.78 is 0. The minimum Gasteiger partial charge on any atom is -0.502 e. The summed E-state index contributed by atoms with van der Waals surface area (Å²) in [6.45, 7) is 0. The number of aliphatic carboxylic acids is 1. The summed E-state index contributed by atoms with van der Waals surface area (Å²) in [7, 11) is 0. The molecule has 0 aromatic heterocycles. The fourth-order valence-electron chi connectivity index (χ4n) is 1.07. The fourth-order valence-corrected chi connectivity index (χ4v) is 1.07. The normalized spacial score (nSPS) is 10.4. The van der Waals surface area contributed by atoms with Gasteiger partial charge >= 0.3 is 11.7 Å². The Balaban J connectivity index is 3.08. The molecule has 0 spiro atoms. The lowest BCUT2D eigenvalue weighted by Crippen LogP contribution is -1.98. The summed E-state index contributed by atoms with van der Waals surface area (Å²) in [5, 5.41) is 27.9. The molecule has 17 heavy (non-hydrogen) atoms. The molecular weight excluding hydrogens is 230 g/mol. The third-order valence-corrected chi connectivity index (χ3v) is 1.83. The number of phenolic OH excluding ortho intramolecular Hbond substituents is 1. The number of hydrogen-bond acceptors (Lipinski definition) is 5. The number of carboxylic acids is 1. The first-order valence-electron chi connectivity index (χ1n) is 4.34. The topological polar surface area (TPSA) is 118 Å². The average Bonchev–Trinajstić information content (AvgIpc) is 2.26. The minimum absolute atomic E-state index is 0.0769. The van der Waals surface area contributed by atoms with Gasteiger partial charge in [-0.05, 0) is 18.2 Å². The van der Waals surface area contributed by atoms with E-state index in [1.165, 1.54) is 0 Å². The second-order valence-electron chi connectivity index (χ2n) is 3.00. The molecule has 0 radical (unpaired) electrons. The molecule has 0 atom stereocenters. The number of benzene rings is 1. The Morgan fingerprint density at radius 3 is 2.47 bits per heavy atom. The van der Waals surface area contributed by atoms with Gasteiger partial charge in [-0.25, -0.2) is 4.79 Å². The van der Waals surface area contributed by atoms with Gasteiger partial charge in [-0.1, -0.05) is 0 Å². The molecule has 0 aliphatic rings. The van der Waals surface area contributed by atoms with E-state index in [2.05, 4.69) is 0 Å². The van der Waals surface area contributed by atoms with Crippen LogP contribution in [-0.4, -0.2) is 26.9 Å². The highest BCUT2D eigenvalue weighted by atomic mass is 16.6. The predicted molar refractivity (Wildman–Crippen MR) is 55.9 cm³/mol. The molecule has 0 aliphatic carbocycles. The Hall–Kier alpha value is -2.70. The molecule has 2 N–H and O–H groups in total. The van der Waals surface area contributed by atoms with Crippen molar-refractivity contribution in [1.29, 1.82) is 0 Å². The second kappa shape index (κ2) is 4.88. The number of nitro groups is 1. The molecule has 0 aliphatic heterocycles. The maximum Gasteiger partial charge on any atom is 0.328 e. The van der Waals surface area contributed by atoms with Crippen LogP contribution in [0.2, 0.25) is 0 Å². The van der Waals surface area contributed by atoms with E-state index in [9.17, 15) is 19.7 Å². The number of carboxylic acid groups (broad SMARTS) is 1. The number of carbonyl (C=O) groups is 2. The van der Waals surface area contributed by atoms with E-state index < -0.39 is 28.1 Å². The van der Waals surface area contributed by atoms with E-state index in [-0.39, 0.29) is 5.56 Å². The molecule has 1 rings (SSSR count). The van der Waals surface area contributed by atoms with E-state index >= 15 is 0 Å². The van der Waals surface area contributed by atoms with Crippen LogP contribution < -0.4 is 0 Å². The molecule has 1 aromatic rings. The van der Waals surface area contributed by atoms with Crippen molar-refractivity contribution in [2.45, 2.75) is 0 Å². The van der Waals surface area contributed by atoms with Crippen molar-refractivity contribution >= 4 is 17.4 Å². The molecule has 0 amide bonds. The van der Waals surface area contributed by atoms with Gasteiger partial charge in [-0.15, -0.1) is 0 Å². The van der Waals surface area contributed by atoms with Gasteiger partial charge in [0.25, 0.3) is 0 Å². The van der Waals surface area contributed by atoms with E-state index in [0.29, 0.717) is 6.08 Å². The zero-order chi connectivity index (χ0) is 13.0. The van der Waals surface area contributed by atoms with Crippen molar-refractivity contribution in [2.75, 3.05) is 0 Å². The number of nitro benzene ring substituents is 1. The Morgan fingerprint density at radius 2 is 1.94 bits per heavy atom. The highest BCUT2D eigenvalue weighted by Gasteiger charge is 2.15. The third-order valence-electron chi connectivity index (χ3n) is 1.83. The summed E-state index contributed by atoms with van der Waals surface area (Å²) >= 11 is 0. The van der Waals surface area contributed by atoms with E-state index in [1.807, 2.05) is 0 Å². The zero-order valence-corrected chi connectivity index (χ0v) is 8.36. The van der Waals surface area contributed by atoms with E-state index in [0.717, 1.165) is 24.3 Å². The van der Waals surface area contributed by atoms with Crippen LogP contribution in [0.1, 0.15) is 10.4 Å². The summed E-state index contributed by atoms with van der Waals surface area (Å²) in [6.07, 6.45) is 1.40. The molecule has 1 aromatic carbocycles. The standard InChI is InChI=1S/C10H7NO6/c12-8(3-4-10(14)15)6-1-2-9(13)7(5-6)11(16)17/h1-5,13H,(H,14,15)/b4-3+. The number of aromatic hydroxyl groups is 1. The predicted octanol–water partition coefficient (Wildman–Crippen LogP) is 1.12. The first kappa shape index (κ1) is 12.4. The molecule has 7 nitrogen and oxygen atoms in total. The summed E-state index contributed by atoms with van der Waals surface area (Å²) in [6, 6.07) is 3.04. The van der Waals surface area contributed by atoms with Crippen LogP contribution in [0, 0.1) is 10.1 Å². The van der Waals surface area contributed by atoms with Crippen LogP contribution >= 0.6 is 0 Å². The summed E-state index contributed by atoms with van der Waals surface area (Å²) in [5.41, 5.74) is -0.688. The maximum atomic E-state index is 11.4. The van der Waals surface area contributed by atoms with Crippen LogP contribution in [0.5, 0.6) is 5.75 Å². The Morgan fingerprint density at radius 1 is 1.29 bits per heavy atom. The van der Waals surface area contributed by atoms with Crippen LogP contribution in [0.15, 0.2) is 30.4 Å². The van der Waals surface area contributed by atoms with Crippen molar-refractivity contribution in [3.63, 3.8) is 0 Å². The smallest absolute Gasteiger partial charge is 0.328 e. The first-order chi connectivity index (χ1) is 7.91. The lowest BCUT2D eigenvalue weighted by atomic mass is 10.1. The fraction of sp³-hybridized carbons (Fsp3) is 0. The van der Waals surface area contributed by atoms with Gasteiger partial charge in [-0.2, -0.15) is 0 Å². The summed E-state index contributed by atoms with van der Waals surface area (Å²) in [5.74, 6) is -2.56. The molecule has 88 valence electrons. The van der Waals surface area contributed by atoms with Crippen LogP contribution in [-0.2, 0) is 4.79 Å². The van der Waals surface area contributed by atoms with Crippen molar-refractivity contribution in [2.24, 2.45) is 0 Å². The number of rotatable bonds is 4. The van der Waals surface area contributed by atoms with Crippen LogP contribution in [0.3, 0.4) is 0 Å². The van der Waals surface area contributed by atoms with Gasteiger partial charge in [0.2, 0.25) is 0 Å². The molecule has 0 heterocycles.